The second-order valence-electron chi connectivity index (χ2n) is 6.39. The molecule has 118 valence electrons. The number of anilines is 1. The van der Waals surface area contributed by atoms with Gasteiger partial charge in [0, 0.05) is 17.7 Å². The summed E-state index contributed by atoms with van der Waals surface area (Å²) in [6.07, 6.45) is 2.34. The molecule has 2 N–H and O–H groups in total. The summed E-state index contributed by atoms with van der Waals surface area (Å²) in [7, 11) is 0. The molecule has 0 unspecified atom stereocenters. The number of carbonyl (C=O) groups is 1. The lowest BCUT2D eigenvalue weighted by atomic mass is 9.82. The molecule has 0 saturated heterocycles. The first-order valence-electron chi connectivity index (χ1n) is 7.79. The molecule has 6 heteroatoms. The normalized spacial score (nSPS) is 20.1. The van der Waals surface area contributed by atoms with Gasteiger partial charge in [0.1, 0.15) is 5.52 Å². The molecule has 23 heavy (non-hydrogen) atoms. The number of rotatable bonds is 1. The number of carbonyl (C=O) groups excluding carboxylic acids is 1. The molecule has 1 aliphatic heterocycles. The van der Waals surface area contributed by atoms with Gasteiger partial charge >= 0.3 is 6.01 Å². The number of ketones is 1. The van der Waals surface area contributed by atoms with Crippen molar-refractivity contribution in [2.24, 2.45) is 4.99 Å². The Bertz CT molecular complexity index is 827. The summed E-state index contributed by atoms with van der Waals surface area (Å²) in [5.41, 5.74) is 2.72. The first-order chi connectivity index (χ1) is 11.0. The summed E-state index contributed by atoms with van der Waals surface area (Å²) in [5.74, 6) is 0.753. The van der Waals surface area contributed by atoms with Crippen LogP contribution in [0, 0.1) is 0 Å². The molecule has 1 aromatic carbocycles. The lowest BCUT2D eigenvalue weighted by Gasteiger charge is -2.34. The summed E-state index contributed by atoms with van der Waals surface area (Å²) >= 11 is 0. The van der Waals surface area contributed by atoms with Gasteiger partial charge in [0.2, 0.25) is 5.96 Å². The lowest BCUT2D eigenvalue weighted by Crippen LogP contribution is -2.44. The van der Waals surface area contributed by atoms with Crippen molar-refractivity contribution < 1.29 is 9.21 Å². The Morgan fingerprint density at radius 3 is 2.91 bits per heavy atom. The number of para-hydroxylation sites is 2. The Kier molecular flexibility index (Phi) is 3.01. The fraction of sp³-hybridized carbons (Fsp3) is 0.353. The van der Waals surface area contributed by atoms with E-state index in [9.17, 15) is 4.79 Å². The lowest BCUT2D eigenvalue weighted by molar-refractivity contribution is -0.116. The minimum atomic E-state index is -0.549. The third kappa shape index (κ3) is 2.40. The molecule has 2 aliphatic rings. The van der Waals surface area contributed by atoms with Crippen LogP contribution in [0.4, 0.5) is 6.01 Å². The third-order valence-electron chi connectivity index (χ3n) is 4.20. The van der Waals surface area contributed by atoms with Crippen molar-refractivity contribution in [3.8, 4) is 0 Å². The number of hydrogen-bond acceptors (Lipinski definition) is 6. The van der Waals surface area contributed by atoms with E-state index in [0.29, 0.717) is 18.4 Å². The van der Waals surface area contributed by atoms with Gasteiger partial charge in [-0.2, -0.15) is 4.98 Å². The van der Waals surface area contributed by atoms with Gasteiger partial charge in [0.25, 0.3) is 0 Å². The number of oxazole rings is 1. The van der Waals surface area contributed by atoms with Crippen LogP contribution in [-0.4, -0.2) is 22.3 Å². The molecular formula is C17H18N4O2. The summed E-state index contributed by atoms with van der Waals surface area (Å²) in [5, 5.41) is 6.32. The zero-order chi connectivity index (χ0) is 16.0. The van der Waals surface area contributed by atoms with Crippen molar-refractivity contribution in [3.05, 3.63) is 35.5 Å². The number of nitrogens with one attached hydrogen (secondary N) is 2. The predicted molar refractivity (Wildman–Crippen MR) is 88.2 cm³/mol. The Balaban J connectivity index is 1.64. The Morgan fingerprint density at radius 2 is 2.09 bits per heavy atom. The fourth-order valence-corrected chi connectivity index (χ4v) is 3.27. The third-order valence-corrected chi connectivity index (χ3v) is 4.20. The van der Waals surface area contributed by atoms with Gasteiger partial charge in [0.15, 0.2) is 11.4 Å². The molecule has 0 fully saturated rings. The first kappa shape index (κ1) is 14.0. The van der Waals surface area contributed by atoms with Crippen LogP contribution in [-0.2, 0) is 4.79 Å². The summed E-state index contributed by atoms with van der Waals surface area (Å²) in [6.45, 7) is 3.92. The van der Waals surface area contributed by atoms with Crippen molar-refractivity contribution >= 4 is 28.9 Å². The molecule has 0 spiro atoms. The quantitative estimate of drug-likeness (QED) is 0.846. The minimum Gasteiger partial charge on any atom is -0.423 e. The highest BCUT2D eigenvalue weighted by Crippen LogP contribution is 2.34. The van der Waals surface area contributed by atoms with Crippen molar-refractivity contribution in [1.82, 2.24) is 10.3 Å². The molecule has 6 nitrogen and oxygen atoms in total. The van der Waals surface area contributed by atoms with Gasteiger partial charge in [-0.15, -0.1) is 0 Å². The Morgan fingerprint density at radius 1 is 1.26 bits per heavy atom. The maximum Gasteiger partial charge on any atom is 0.302 e. The second-order valence-corrected chi connectivity index (χ2v) is 6.39. The molecule has 2 aromatic rings. The largest absolute Gasteiger partial charge is 0.423 e. The number of hydrogen-bond donors (Lipinski definition) is 2. The number of Topliss-reactive ketones (excluding diaryl/α,β-unsaturated/α-hetero) is 1. The van der Waals surface area contributed by atoms with Gasteiger partial charge in [-0.1, -0.05) is 12.1 Å². The highest BCUT2D eigenvalue weighted by Gasteiger charge is 2.37. The number of aromatic nitrogens is 1. The standard InChI is InChI=1S/C17H18N4O2/c1-17(2)14-11(7-5-8-12(14)22)18-15(21-17)20-16-19-10-6-3-4-9-13(10)23-16/h3-4,6,9H,5,7-8H2,1-2H3,(H2,18,19,20,21). The Hall–Kier alpha value is -2.63. The fourth-order valence-electron chi connectivity index (χ4n) is 3.27. The average Bonchev–Trinajstić information content (AvgIpc) is 2.88. The van der Waals surface area contributed by atoms with Crippen LogP contribution in [0.25, 0.3) is 11.1 Å². The predicted octanol–water partition coefficient (Wildman–Crippen LogP) is 2.98. The van der Waals surface area contributed by atoms with E-state index in [1.165, 1.54) is 0 Å². The zero-order valence-corrected chi connectivity index (χ0v) is 13.1. The van der Waals surface area contributed by atoms with E-state index in [-0.39, 0.29) is 5.78 Å². The molecule has 2 heterocycles. The maximum atomic E-state index is 12.2. The van der Waals surface area contributed by atoms with Crippen molar-refractivity contribution in [2.45, 2.75) is 38.6 Å². The molecule has 0 atom stereocenters. The average molecular weight is 310 g/mol. The monoisotopic (exact) mass is 310 g/mol. The van der Waals surface area contributed by atoms with Crippen LogP contribution in [0.3, 0.4) is 0 Å². The van der Waals surface area contributed by atoms with Gasteiger partial charge in [-0.3, -0.25) is 10.1 Å². The molecule has 0 bridgehead atoms. The van der Waals surface area contributed by atoms with Gasteiger partial charge in [-0.05, 0) is 38.8 Å². The van der Waals surface area contributed by atoms with E-state index in [1.54, 1.807) is 0 Å². The first-order valence-corrected chi connectivity index (χ1v) is 7.79. The second kappa shape index (κ2) is 4.94. The van der Waals surface area contributed by atoms with E-state index < -0.39 is 5.54 Å². The van der Waals surface area contributed by atoms with E-state index in [4.69, 9.17) is 4.42 Å². The number of aliphatic imine (C=N–C) groups is 1. The highest BCUT2D eigenvalue weighted by molar-refractivity contribution is 6.03. The van der Waals surface area contributed by atoms with Crippen molar-refractivity contribution in [1.29, 1.82) is 0 Å². The van der Waals surface area contributed by atoms with Crippen LogP contribution in [0.1, 0.15) is 33.1 Å². The molecule has 0 saturated carbocycles. The molecule has 1 aromatic heterocycles. The molecule has 0 amide bonds. The van der Waals surface area contributed by atoms with E-state index in [1.807, 2.05) is 38.1 Å². The maximum absolute atomic E-state index is 12.2. The molecule has 1 aliphatic carbocycles. The van der Waals surface area contributed by atoms with Gasteiger partial charge < -0.3 is 9.73 Å². The Labute approximate surface area is 133 Å². The number of nitrogens with zero attached hydrogens (tertiary/aromatic N) is 2. The van der Waals surface area contributed by atoms with Crippen molar-refractivity contribution in [2.75, 3.05) is 5.32 Å². The van der Waals surface area contributed by atoms with Gasteiger partial charge in [0.05, 0.1) is 5.54 Å². The number of benzene rings is 1. The molecule has 4 rings (SSSR count). The number of guanidine groups is 1. The van der Waals surface area contributed by atoms with Gasteiger partial charge in [-0.25, -0.2) is 4.99 Å². The topological polar surface area (TPSA) is 79.5 Å². The van der Waals surface area contributed by atoms with Crippen LogP contribution in [0.15, 0.2) is 44.9 Å². The van der Waals surface area contributed by atoms with E-state index in [2.05, 4.69) is 20.6 Å². The van der Waals surface area contributed by atoms with Crippen molar-refractivity contribution in [3.63, 3.8) is 0 Å². The van der Waals surface area contributed by atoms with E-state index in [0.717, 1.165) is 35.2 Å². The van der Waals surface area contributed by atoms with E-state index >= 15 is 0 Å². The molecular weight excluding hydrogens is 292 g/mol. The number of fused-ring (bicyclic) bond motifs is 1. The van der Waals surface area contributed by atoms with Crippen LogP contribution in [0.2, 0.25) is 0 Å². The van der Waals surface area contributed by atoms with Crippen LogP contribution >= 0.6 is 0 Å². The molecule has 0 radical (unpaired) electrons. The zero-order valence-electron chi connectivity index (χ0n) is 13.1. The van der Waals surface area contributed by atoms with Crippen LogP contribution in [0.5, 0.6) is 0 Å². The SMILES string of the molecule is CC1(C)N=C(Nc2nc3ccccc3o2)NC2=C1C(=O)CCC2. The van der Waals surface area contributed by atoms with Crippen LogP contribution < -0.4 is 10.6 Å². The smallest absolute Gasteiger partial charge is 0.302 e. The minimum absolute atomic E-state index is 0.188. The summed E-state index contributed by atoms with van der Waals surface area (Å²) in [4.78, 5) is 21.2. The summed E-state index contributed by atoms with van der Waals surface area (Å²) in [6, 6.07) is 7.97. The summed E-state index contributed by atoms with van der Waals surface area (Å²) < 4.78 is 5.67. The number of allylic oxidation sites excluding steroid dienone is 1. The highest BCUT2D eigenvalue weighted by atomic mass is 16.4.